The van der Waals surface area contributed by atoms with Crippen LogP contribution >= 0.6 is 15.9 Å². The molecule has 0 atom stereocenters. The van der Waals surface area contributed by atoms with Crippen LogP contribution < -0.4 is 5.32 Å². The Labute approximate surface area is 122 Å². The number of fused-ring (bicyclic) bond motifs is 1. The fraction of sp³-hybridized carbons (Fsp3) is 0. The number of carbonyl (C=O) groups is 1. The van der Waals surface area contributed by atoms with Gasteiger partial charge in [0.15, 0.2) is 5.76 Å². The lowest BCUT2D eigenvalue weighted by molar-refractivity contribution is 0.0998. The van der Waals surface area contributed by atoms with Crippen molar-refractivity contribution in [1.82, 2.24) is 0 Å². The molecule has 3 aromatic rings. The summed E-state index contributed by atoms with van der Waals surface area (Å²) in [7, 11) is 0. The Bertz CT molecular complexity index is 797. The molecule has 5 heteroatoms. The number of amides is 1. The van der Waals surface area contributed by atoms with E-state index in [-0.39, 0.29) is 11.4 Å². The fourth-order valence-corrected chi connectivity index (χ4v) is 2.35. The number of anilines is 1. The van der Waals surface area contributed by atoms with E-state index in [0.717, 1.165) is 9.86 Å². The van der Waals surface area contributed by atoms with Crippen LogP contribution in [0.1, 0.15) is 10.6 Å². The molecule has 3 nitrogen and oxygen atoms in total. The molecule has 3 rings (SSSR count). The van der Waals surface area contributed by atoms with Crippen molar-refractivity contribution in [2.45, 2.75) is 0 Å². The lowest BCUT2D eigenvalue weighted by Crippen LogP contribution is -2.11. The highest BCUT2D eigenvalue weighted by atomic mass is 79.9. The summed E-state index contributed by atoms with van der Waals surface area (Å²) >= 11 is 3.39. The fourth-order valence-electron chi connectivity index (χ4n) is 1.88. The van der Waals surface area contributed by atoms with Gasteiger partial charge in [-0.15, -0.1) is 0 Å². The van der Waals surface area contributed by atoms with Crippen molar-refractivity contribution in [2.75, 3.05) is 5.32 Å². The van der Waals surface area contributed by atoms with Crippen LogP contribution in [0.15, 0.2) is 57.4 Å². The van der Waals surface area contributed by atoms with E-state index in [4.69, 9.17) is 4.42 Å². The summed E-state index contributed by atoms with van der Waals surface area (Å²) in [6.45, 7) is 0. The van der Waals surface area contributed by atoms with Crippen molar-refractivity contribution in [3.8, 4) is 0 Å². The topological polar surface area (TPSA) is 42.2 Å². The quantitative estimate of drug-likeness (QED) is 0.745. The normalized spacial score (nSPS) is 10.7. The SMILES string of the molecule is O=C(Nc1ccccc1F)c1cc2c(Br)cccc2o1. The Balaban J connectivity index is 1.93. The highest BCUT2D eigenvalue weighted by molar-refractivity contribution is 9.10. The number of hydrogen-bond donors (Lipinski definition) is 1. The predicted octanol–water partition coefficient (Wildman–Crippen LogP) is 4.59. The van der Waals surface area contributed by atoms with Gasteiger partial charge < -0.3 is 9.73 Å². The summed E-state index contributed by atoms with van der Waals surface area (Å²) in [4.78, 5) is 12.1. The van der Waals surface area contributed by atoms with E-state index in [1.807, 2.05) is 12.1 Å². The molecule has 0 saturated heterocycles. The smallest absolute Gasteiger partial charge is 0.291 e. The maximum Gasteiger partial charge on any atom is 0.291 e. The van der Waals surface area contributed by atoms with Crippen LogP contribution in [0.5, 0.6) is 0 Å². The molecule has 0 aliphatic rings. The Kier molecular flexibility index (Phi) is 3.28. The van der Waals surface area contributed by atoms with E-state index < -0.39 is 11.7 Å². The monoisotopic (exact) mass is 333 g/mol. The zero-order valence-electron chi connectivity index (χ0n) is 10.2. The average molecular weight is 334 g/mol. The molecule has 1 heterocycles. The van der Waals surface area contributed by atoms with E-state index in [0.29, 0.717) is 5.58 Å². The highest BCUT2D eigenvalue weighted by Gasteiger charge is 2.15. The van der Waals surface area contributed by atoms with Crippen LogP contribution in [0.25, 0.3) is 11.0 Å². The first kappa shape index (κ1) is 12.9. The third kappa shape index (κ3) is 2.32. The van der Waals surface area contributed by atoms with Crippen LogP contribution in [-0.4, -0.2) is 5.91 Å². The molecule has 0 fully saturated rings. The second-order valence-electron chi connectivity index (χ2n) is 4.20. The van der Waals surface area contributed by atoms with Gasteiger partial charge in [0.2, 0.25) is 0 Å². The molecular weight excluding hydrogens is 325 g/mol. The lowest BCUT2D eigenvalue weighted by atomic mass is 10.2. The van der Waals surface area contributed by atoms with Crippen molar-refractivity contribution in [1.29, 1.82) is 0 Å². The second-order valence-corrected chi connectivity index (χ2v) is 5.05. The van der Waals surface area contributed by atoms with Gasteiger partial charge in [-0.05, 0) is 30.3 Å². The first-order chi connectivity index (χ1) is 9.65. The molecule has 0 bridgehead atoms. The third-order valence-electron chi connectivity index (χ3n) is 2.85. The number of rotatable bonds is 2. The number of nitrogens with one attached hydrogen (secondary N) is 1. The van der Waals surface area contributed by atoms with Gasteiger partial charge in [0.25, 0.3) is 5.91 Å². The summed E-state index contributed by atoms with van der Waals surface area (Å²) in [5.74, 6) is -0.841. The third-order valence-corrected chi connectivity index (χ3v) is 3.55. The Morgan fingerprint density at radius 1 is 1.15 bits per heavy atom. The number of benzene rings is 2. The summed E-state index contributed by atoms with van der Waals surface area (Å²) in [6.07, 6.45) is 0. The van der Waals surface area contributed by atoms with Crippen molar-refractivity contribution in [3.63, 3.8) is 0 Å². The van der Waals surface area contributed by atoms with E-state index in [2.05, 4.69) is 21.2 Å². The number of carbonyl (C=O) groups excluding carboxylic acids is 1. The van der Waals surface area contributed by atoms with Crippen molar-refractivity contribution >= 4 is 38.5 Å². The van der Waals surface area contributed by atoms with E-state index in [1.165, 1.54) is 12.1 Å². The molecule has 0 saturated carbocycles. The Morgan fingerprint density at radius 2 is 1.95 bits per heavy atom. The van der Waals surface area contributed by atoms with E-state index >= 15 is 0 Å². The van der Waals surface area contributed by atoms with Crippen LogP contribution in [0.3, 0.4) is 0 Å². The summed E-state index contributed by atoms with van der Waals surface area (Å²) in [5, 5.41) is 3.28. The maximum atomic E-state index is 13.5. The molecule has 0 aliphatic carbocycles. The predicted molar refractivity (Wildman–Crippen MR) is 78.3 cm³/mol. The van der Waals surface area contributed by atoms with Gasteiger partial charge in [-0.2, -0.15) is 0 Å². The summed E-state index contributed by atoms with van der Waals surface area (Å²) < 4.78 is 19.8. The van der Waals surface area contributed by atoms with Crippen LogP contribution in [0.4, 0.5) is 10.1 Å². The number of halogens is 2. The van der Waals surface area contributed by atoms with Crippen molar-refractivity contribution < 1.29 is 13.6 Å². The van der Waals surface area contributed by atoms with Gasteiger partial charge in [-0.3, -0.25) is 4.79 Å². The largest absolute Gasteiger partial charge is 0.451 e. The molecule has 0 radical (unpaired) electrons. The minimum Gasteiger partial charge on any atom is -0.451 e. The van der Waals surface area contributed by atoms with Gasteiger partial charge in [0.1, 0.15) is 11.4 Å². The molecule has 100 valence electrons. The Morgan fingerprint density at radius 3 is 2.70 bits per heavy atom. The number of furan rings is 1. The van der Waals surface area contributed by atoms with Gasteiger partial charge in [0.05, 0.1) is 5.69 Å². The van der Waals surface area contributed by atoms with Crippen LogP contribution in [-0.2, 0) is 0 Å². The molecule has 1 aromatic heterocycles. The molecule has 2 aromatic carbocycles. The Hall–Kier alpha value is -2.14. The molecule has 0 aliphatic heterocycles. The van der Waals surface area contributed by atoms with Crippen molar-refractivity contribution in [3.05, 3.63) is 64.6 Å². The zero-order valence-corrected chi connectivity index (χ0v) is 11.8. The minimum atomic E-state index is -0.488. The number of para-hydroxylation sites is 1. The molecular formula is C15H9BrFNO2. The summed E-state index contributed by atoms with van der Waals surface area (Å²) in [6, 6.07) is 13.0. The molecule has 0 spiro atoms. The second kappa shape index (κ2) is 5.09. The van der Waals surface area contributed by atoms with Gasteiger partial charge in [-0.1, -0.05) is 34.1 Å². The molecule has 1 amide bonds. The average Bonchev–Trinajstić information content (AvgIpc) is 2.87. The zero-order chi connectivity index (χ0) is 14.1. The molecule has 20 heavy (non-hydrogen) atoms. The number of hydrogen-bond acceptors (Lipinski definition) is 2. The lowest BCUT2D eigenvalue weighted by Gasteiger charge is -2.03. The van der Waals surface area contributed by atoms with Crippen molar-refractivity contribution in [2.24, 2.45) is 0 Å². The van der Waals surface area contributed by atoms with Gasteiger partial charge >= 0.3 is 0 Å². The summed E-state index contributed by atoms with van der Waals surface area (Å²) in [5.41, 5.74) is 0.718. The standard InChI is InChI=1S/C15H9BrFNO2/c16-10-4-3-7-13-9(10)8-14(20-13)15(19)18-12-6-2-1-5-11(12)17/h1-8H,(H,18,19). The highest BCUT2D eigenvalue weighted by Crippen LogP contribution is 2.27. The first-order valence-electron chi connectivity index (χ1n) is 5.89. The maximum absolute atomic E-state index is 13.5. The molecule has 1 N–H and O–H groups in total. The first-order valence-corrected chi connectivity index (χ1v) is 6.68. The van der Waals surface area contributed by atoms with Gasteiger partial charge in [0, 0.05) is 9.86 Å². The van der Waals surface area contributed by atoms with Crippen LogP contribution in [0, 0.1) is 5.82 Å². The van der Waals surface area contributed by atoms with Gasteiger partial charge in [-0.25, -0.2) is 4.39 Å². The van der Waals surface area contributed by atoms with Crippen LogP contribution in [0.2, 0.25) is 0 Å². The minimum absolute atomic E-state index is 0.122. The molecule has 0 unspecified atom stereocenters. The van der Waals surface area contributed by atoms with E-state index in [1.54, 1.807) is 24.3 Å². The van der Waals surface area contributed by atoms with E-state index in [9.17, 15) is 9.18 Å².